The van der Waals surface area contributed by atoms with E-state index in [1.807, 2.05) is 0 Å². The van der Waals surface area contributed by atoms with Gasteiger partial charge < -0.3 is 0 Å². The molecule has 5 aliphatic carbocycles. The van der Waals surface area contributed by atoms with E-state index >= 15 is 0 Å². The molecule has 0 amide bonds. The number of allylic oxidation sites excluding steroid dienone is 2. The highest BCUT2D eigenvalue weighted by Crippen LogP contribution is 2.45. The normalized spacial score (nSPS) is 36.5. The molecule has 4 saturated carbocycles. The predicted octanol–water partition coefficient (Wildman–Crippen LogP) is 13.7. The highest BCUT2D eigenvalue weighted by atomic mass is 14.4. The fraction of sp³-hybridized carbons (Fsp3) is 0.818. The van der Waals surface area contributed by atoms with Crippen molar-refractivity contribution in [3.63, 3.8) is 0 Å². The summed E-state index contributed by atoms with van der Waals surface area (Å²) < 4.78 is 0. The molecule has 1 aromatic carbocycles. The summed E-state index contributed by atoms with van der Waals surface area (Å²) >= 11 is 0. The molecule has 1 aromatic rings. The van der Waals surface area contributed by atoms with E-state index in [1.165, 1.54) is 120 Å². The van der Waals surface area contributed by atoms with Crippen molar-refractivity contribution < 1.29 is 0 Å². The predicted molar refractivity (Wildman–Crippen MR) is 193 cm³/mol. The van der Waals surface area contributed by atoms with Crippen molar-refractivity contribution in [2.75, 3.05) is 0 Å². The van der Waals surface area contributed by atoms with Gasteiger partial charge in [-0.15, -0.1) is 0 Å². The third kappa shape index (κ3) is 11.0. The van der Waals surface area contributed by atoms with Crippen LogP contribution in [0.1, 0.15) is 173 Å². The van der Waals surface area contributed by atoms with E-state index in [4.69, 9.17) is 0 Å². The minimum Gasteiger partial charge on any atom is -0.0853 e. The summed E-state index contributed by atoms with van der Waals surface area (Å²) in [5, 5.41) is 0. The highest BCUT2D eigenvalue weighted by Gasteiger charge is 2.33. The van der Waals surface area contributed by atoms with E-state index < -0.39 is 0 Å². The Morgan fingerprint density at radius 2 is 0.909 bits per heavy atom. The van der Waals surface area contributed by atoms with E-state index in [2.05, 4.69) is 58.0 Å². The Bertz CT molecular complexity index is 936. The lowest BCUT2D eigenvalue weighted by Crippen LogP contribution is -2.28. The summed E-state index contributed by atoms with van der Waals surface area (Å²) in [4.78, 5) is 0. The average Bonchev–Trinajstić information content (AvgIpc) is 3.06. The van der Waals surface area contributed by atoms with E-state index in [0.717, 1.165) is 53.3 Å². The third-order valence-electron chi connectivity index (χ3n) is 13.9. The molecular formula is C44H72. The molecule has 0 nitrogen and oxygen atoms in total. The van der Waals surface area contributed by atoms with Crippen molar-refractivity contribution in [3.05, 3.63) is 47.0 Å². The molecule has 44 heavy (non-hydrogen) atoms. The quantitative estimate of drug-likeness (QED) is 0.260. The zero-order chi connectivity index (χ0) is 30.7. The van der Waals surface area contributed by atoms with Crippen LogP contribution in [0.4, 0.5) is 0 Å². The first-order chi connectivity index (χ1) is 21.4. The largest absolute Gasteiger partial charge is 0.0853 e. The number of rotatable bonds is 8. The topological polar surface area (TPSA) is 0 Å². The second kappa shape index (κ2) is 17.8. The molecule has 0 heteroatoms. The number of hydrogen-bond donors (Lipinski definition) is 0. The van der Waals surface area contributed by atoms with E-state index in [0.29, 0.717) is 0 Å². The minimum atomic E-state index is 0.998. The van der Waals surface area contributed by atoms with Crippen LogP contribution in [0.2, 0.25) is 0 Å². The van der Waals surface area contributed by atoms with Crippen LogP contribution in [0, 0.1) is 60.2 Å². The van der Waals surface area contributed by atoms with Crippen LogP contribution in [0.25, 0.3) is 0 Å². The second-order valence-electron chi connectivity index (χ2n) is 17.4. The van der Waals surface area contributed by atoms with Crippen LogP contribution in [0.15, 0.2) is 35.9 Å². The average molecular weight is 601 g/mol. The monoisotopic (exact) mass is 601 g/mol. The molecule has 6 rings (SSSR count). The Balaban J connectivity index is 0.000000177. The smallest absolute Gasteiger partial charge is 0.0276 e. The lowest BCUT2D eigenvalue weighted by atomic mass is 9.66. The van der Waals surface area contributed by atoms with Gasteiger partial charge in [-0.25, -0.2) is 0 Å². The van der Waals surface area contributed by atoms with Gasteiger partial charge >= 0.3 is 0 Å². The summed E-state index contributed by atoms with van der Waals surface area (Å²) in [6, 6.07) is 9.18. The van der Waals surface area contributed by atoms with Gasteiger partial charge in [-0.1, -0.05) is 132 Å². The van der Waals surface area contributed by atoms with E-state index in [9.17, 15) is 0 Å². The molecule has 0 bridgehead atoms. The maximum absolute atomic E-state index is 2.53. The summed E-state index contributed by atoms with van der Waals surface area (Å²) in [5.41, 5.74) is 4.56. The van der Waals surface area contributed by atoms with Gasteiger partial charge in [0.1, 0.15) is 0 Å². The third-order valence-corrected chi connectivity index (χ3v) is 13.9. The maximum Gasteiger partial charge on any atom is -0.0276 e. The molecule has 248 valence electrons. The number of benzene rings is 1. The first-order valence-corrected chi connectivity index (χ1v) is 20.1. The standard InChI is InChI=1S/C24H38.C20H34/c1-19-3-7-21(8-4-19)11-13-23-15-17-24(18-16-23)14-12-22-9-5-20(2)6-10-22;1-15-3-7-17(8-4-15)19-11-13-20(14-12-19)18-9-5-16(2)6-10-18/h3-4,7-8,20,22-24H,5-6,9-18H2,1-2H3;3,16-20H,4-14H2,1-2H3. The zero-order valence-electron chi connectivity index (χ0n) is 29.8. The lowest BCUT2D eigenvalue weighted by Gasteiger charge is -2.40. The van der Waals surface area contributed by atoms with Crippen molar-refractivity contribution in [2.24, 2.45) is 53.3 Å². The van der Waals surface area contributed by atoms with Crippen LogP contribution < -0.4 is 0 Å². The lowest BCUT2D eigenvalue weighted by molar-refractivity contribution is 0.124. The first-order valence-electron chi connectivity index (χ1n) is 20.1. The SMILES string of the molecule is CC1=CCC(C2CCC(C3CCC(C)CC3)CC2)CC1.Cc1ccc(CCC2CCC(CCC3CCC(C)CC3)CC2)cc1. The van der Waals surface area contributed by atoms with Crippen LogP contribution in [0.5, 0.6) is 0 Å². The molecule has 1 unspecified atom stereocenters. The van der Waals surface area contributed by atoms with Gasteiger partial charge in [0, 0.05) is 0 Å². The molecule has 0 saturated heterocycles. The zero-order valence-corrected chi connectivity index (χ0v) is 29.8. The molecule has 0 aliphatic heterocycles. The Morgan fingerprint density at radius 3 is 1.41 bits per heavy atom. The summed E-state index contributed by atoms with van der Waals surface area (Å²) in [5.74, 6) is 9.44. The van der Waals surface area contributed by atoms with Crippen LogP contribution >= 0.6 is 0 Å². The highest BCUT2D eigenvalue weighted by molar-refractivity contribution is 5.21. The van der Waals surface area contributed by atoms with Crippen molar-refractivity contribution in [1.82, 2.24) is 0 Å². The molecule has 0 heterocycles. The maximum atomic E-state index is 2.53. The van der Waals surface area contributed by atoms with Crippen LogP contribution in [-0.4, -0.2) is 0 Å². The van der Waals surface area contributed by atoms with Crippen molar-refractivity contribution in [2.45, 2.75) is 175 Å². The fourth-order valence-corrected chi connectivity index (χ4v) is 10.3. The molecule has 5 aliphatic rings. The Labute approximate surface area is 275 Å². The molecular weight excluding hydrogens is 528 g/mol. The van der Waals surface area contributed by atoms with Crippen LogP contribution in [0.3, 0.4) is 0 Å². The summed E-state index contributed by atoms with van der Waals surface area (Å²) in [6.45, 7) is 9.38. The van der Waals surface area contributed by atoms with Crippen LogP contribution in [-0.2, 0) is 6.42 Å². The molecule has 0 aromatic heterocycles. The summed E-state index contributed by atoms with van der Waals surface area (Å²) in [7, 11) is 0. The van der Waals surface area contributed by atoms with Crippen molar-refractivity contribution >= 4 is 0 Å². The minimum absolute atomic E-state index is 0.998. The first kappa shape index (κ1) is 34.3. The molecule has 1 atom stereocenters. The van der Waals surface area contributed by atoms with Gasteiger partial charge in [-0.3, -0.25) is 0 Å². The Kier molecular flexibility index (Phi) is 13.8. The van der Waals surface area contributed by atoms with Crippen molar-refractivity contribution in [3.8, 4) is 0 Å². The second-order valence-corrected chi connectivity index (χ2v) is 17.4. The molecule has 4 fully saturated rings. The van der Waals surface area contributed by atoms with Gasteiger partial charge in [0.15, 0.2) is 0 Å². The number of hydrogen-bond acceptors (Lipinski definition) is 0. The van der Waals surface area contributed by atoms with Gasteiger partial charge in [-0.05, 0) is 143 Å². The number of aryl methyl sites for hydroxylation is 2. The molecule has 0 radical (unpaired) electrons. The van der Waals surface area contributed by atoms with E-state index in [-0.39, 0.29) is 0 Å². The van der Waals surface area contributed by atoms with E-state index in [1.54, 1.807) is 44.1 Å². The molecule has 0 spiro atoms. The van der Waals surface area contributed by atoms with Gasteiger partial charge in [0.25, 0.3) is 0 Å². The Morgan fingerprint density at radius 1 is 0.477 bits per heavy atom. The fourth-order valence-electron chi connectivity index (χ4n) is 10.3. The van der Waals surface area contributed by atoms with Gasteiger partial charge in [0.2, 0.25) is 0 Å². The van der Waals surface area contributed by atoms with Gasteiger partial charge in [-0.2, -0.15) is 0 Å². The Hall–Kier alpha value is -1.04. The summed E-state index contributed by atoms with van der Waals surface area (Å²) in [6.07, 6.45) is 36.9. The van der Waals surface area contributed by atoms with Crippen molar-refractivity contribution in [1.29, 1.82) is 0 Å². The van der Waals surface area contributed by atoms with Gasteiger partial charge in [0.05, 0.1) is 0 Å². The molecule has 0 N–H and O–H groups in total.